The minimum Gasteiger partial charge on any atom is -0.326 e. The number of amides is 1. The summed E-state index contributed by atoms with van der Waals surface area (Å²) in [6.45, 7) is 12.3. The predicted molar refractivity (Wildman–Crippen MR) is 62.4 cm³/mol. The number of hydrogen-bond acceptors (Lipinski definition) is 2. The van der Waals surface area contributed by atoms with Gasteiger partial charge in [0.1, 0.15) is 0 Å². The van der Waals surface area contributed by atoms with Crippen LogP contribution in [0.2, 0.25) is 0 Å². The van der Waals surface area contributed by atoms with Gasteiger partial charge in [-0.3, -0.25) is 10.1 Å². The Morgan fingerprint density at radius 3 is 2.53 bits per heavy atom. The molecular weight excluding hydrogens is 188 g/mol. The zero-order valence-corrected chi connectivity index (χ0v) is 10.6. The molecular formula is C12H24N2O. The smallest absolute Gasteiger partial charge is 0.237 e. The fraction of sp³-hybridized carbons (Fsp3) is 0.917. The molecule has 1 atom stereocenters. The Balaban J connectivity index is 2.61. The van der Waals surface area contributed by atoms with Gasteiger partial charge in [0.05, 0.1) is 12.7 Å². The Labute approximate surface area is 93.2 Å². The van der Waals surface area contributed by atoms with E-state index in [1.807, 2.05) is 4.90 Å². The van der Waals surface area contributed by atoms with E-state index < -0.39 is 0 Å². The van der Waals surface area contributed by atoms with E-state index in [1.165, 1.54) is 0 Å². The van der Waals surface area contributed by atoms with Crippen molar-refractivity contribution in [2.45, 2.75) is 47.2 Å². The van der Waals surface area contributed by atoms with Crippen LogP contribution < -0.4 is 5.32 Å². The SMILES string of the molecule is CC(C)CC1NCC(=O)N1CC(C)(C)C. The molecule has 1 aliphatic rings. The van der Waals surface area contributed by atoms with E-state index in [0.29, 0.717) is 12.5 Å². The van der Waals surface area contributed by atoms with Gasteiger partial charge >= 0.3 is 0 Å². The van der Waals surface area contributed by atoms with Gasteiger partial charge in [-0.05, 0) is 17.8 Å². The van der Waals surface area contributed by atoms with E-state index >= 15 is 0 Å². The lowest BCUT2D eigenvalue weighted by Crippen LogP contribution is -2.42. The van der Waals surface area contributed by atoms with Crippen LogP contribution in [-0.2, 0) is 4.79 Å². The highest BCUT2D eigenvalue weighted by Crippen LogP contribution is 2.21. The first-order chi connectivity index (χ1) is 6.79. The maximum absolute atomic E-state index is 11.7. The molecule has 0 aromatic rings. The molecule has 1 unspecified atom stereocenters. The maximum Gasteiger partial charge on any atom is 0.237 e. The number of rotatable bonds is 3. The average molecular weight is 212 g/mol. The molecule has 0 aliphatic carbocycles. The number of carbonyl (C=O) groups excluding carboxylic acids is 1. The van der Waals surface area contributed by atoms with Gasteiger partial charge in [0.15, 0.2) is 0 Å². The molecule has 0 spiro atoms. The summed E-state index contributed by atoms with van der Waals surface area (Å²) < 4.78 is 0. The van der Waals surface area contributed by atoms with Crippen LogP contribution in [-0.4, -0.2) is 30.1 Å². The number of nitrogens with one attached hydrogen (secondary N) is 1. The van der Waals surface area contributed by atoms with Gasteiger partial charge in [-0.15, -0.1) is 0 Å². The quantitative estimate of drug-likeness (QED) is 0.774. The summed E-state index contributed by atoms with van der Waals surface area (Å²) in [6, 6.07) is 0. The summed E-state index contributed by atoms with van der Waals surface area (Å²) in [4.78, 5) is 13.7. The summed E-state index contributed by atoms with van der Waals surface area (Å²) in [6.07, 6.45) is 1.29. The van der Waals surface area contributed by atoms with E-state index in [-0.39, 0.29) is 17.5 Å². The summed E-state index contributed by atoms with van der Waals surface area (Å²) >= 11 is 0. The van der Waals surface area contributed by atoms with Gasteiger partial charge in [0.2, 0.25) is 5.91 Å². The normalized spacial score (nSPS) is 22.9. The van der Waals surface area contributed by atoms with Crippen molar-refractivity contribution in [1.29, 1.82) is 0 Å². The molecule has 1 aliphatic heterocycles. The molecule has 0 aromatic carbocycles. The Morgan fingerprint density at radius 2 is 2.07 bits per heavy atom. The summed E-state index contributed by atoms with van der Waals surface area (Å²) in [5.41, 5.74) is 0.177. The molecule has 0 bridgehead atoms. The van der Waals surface area contributed by atoms with Gasteiger partial charge in [0.25, 0.3) is 0 Å². The average Bonchev–Trinajstić information content (AvgIpc) is 2.32. The summed E-state index contributed by atoms with van der Waals surface area (Å²) in [5, 5.41) is 3.29. The van der Waals surface area contributed by atoms with E-state index in [4.69, 9.17) is 0 Å². The largest absolute Gasteiger partial charge is 0.326 e. The molecule has 15 heavy (non-hydrogen) atoms. The van der Waals surface area contributed by atoms with Crippen molar-refractivity contribution in [3.05, 3.63) is 0 Å². The second kappa shape index (κ2) is 4.52. The van der Waals surface area contributed by atoms with E-state index in [9.17, 15) is 4.79 Å². The molecule has 88 valence electrons. The minimum absolute atomic E-state index is 0.177. The van der Waals surface area contributed by atoms with Crippen molar-refractivity contribution in [2.75, 3.05) is 13.1 Å². The molecule has 0 saturated carbocycles. The van der Waals surface area contributed by atoms with Crippen molar-refractivity contribution in [3.8, 4) is 0 Å². The van der Waals surface area contributed by atoms with Crippen LogP contribution >= 0.6 is 0 Å². The molecule has 3 nitrogen and oxygen atoms in total. The summed E-state index contributed by atoms with van der Waals surface area (Å²) in [7, 11) is 0. The first-order valence-corrected chi connectivity index (χ1v) is 5.82. The third kappa shape index (κ3) is 3.82. The van der Waals surface area contributed by atoms with Gasteiger partial charge in [-0.1, -0.05) is 34.6 Å². The number of nitrogens with zero attached hydrogens (tertiary/aromatic N) is 1. The van der Waals surface area contributed by atoms with Crippen LogP contribution in [0.15, 0.2) is 0 Å². The monoisotopic (exact) mass is 212 g/mol. The number of carbonyl (C=O) groups is 1. The first kappa shape index (κ1) is 12.5. The van der Waals surface area contributed by atoms with Crippen molar-refractivity contribution in [1.82, 2.24) is 10.2 Å². The zero-order chi connectivity index (χ0) is 11.6. The fourth-order valence-electron chi connectivity index (χ4n) is 1.96. The van der Waals surface area contributed by atoms with Crippen LogP contribution in [0.25, 0.3) is 0 Å². The third-order valence-corrected chi connectivity index (χ3v) is 2.52. The van der Waals surface area contributed by atoms with Crippen molar-refractivity contribution < 1.29 is 4.79 Å². The molecule has 1 amide bonds. The van der Waals surface area contributed by atoms with Crippen LogP contribution in [0, 0.1) is 11.3 Å². The van der Waals surface area contributed by atoms with Crippen LogP contribution in [0.5, 0.6) is 0 Å². The molecule has 3 heteroatoms. The Bertz CT molecular complexity index is 230. The van der Waals surface area contributed by atoms with Crippen LogP contribution in [0.3, 0.4) is 0 Å². The standard InChI is InChI=1S/C12H24N2O/c1-9(2)6-10-13-7-11(15)14(10)8-12(3,4)5/h9-10,13H,6-8H2,1-5H3. The van der Waals surface area contributed by atoms with Crippen molar-refractivity contribution >= 4 is 5.91 Å². The highest BCUT2D eigenvalue weighted by Gasteiger charge is 2.33. The molecule has 1 saturated heterocycles. The lowest BCUT2D eigenvalue weighted by molar-refractivity contribution is -0.129. The van der Waals surface area contributed by atoms with Crippen LogP contribution in [0.1, 0.15) is 41.0 Å². The molecule has 1 heterocycles. The Morgan fingerprint density at radius 1 is 1.47 bits per heavy atom. The van der Waals surface area contributed by atoms with E-state index in [1.54, 1.807) is 0 Å². The molecule has 0 radical (unpaired) electrons. The van der Waals surface area contributed by atoms with Gasteiger partial charge < -0.3 is 4.90 Å². The lowest BCUT2D eigenvalue weighted by atomic mass is 9.95. The zero-order valence-electron chi connectivity index (χ0n) is 10.6. The molecule has 0 aromatic heterocycles. The highest BCUT2D eigenvalue weighted by atomic mass is 16.2. The second-order valence-corrected chi connectivity index (χ2v) is 6.11. The van der Waals surface area contributed by atoms with E-state index in [0.717, 1.165) is 13.0 Å². The third-order valence-electron chi connectivity index (χ3n) is 2.52. The Hall–Kier alpha value is -0.570. The Kier molecular flexibility index (Phi) is 3.77. The maximum atomic E-state index is 11.7. The van der Waals surface area contributed by atoms with E-state index in [2.05, 4.69) is 39.9 Å². The highest BCUT2D eigenvalue weighted by molar-refractivity contribution is 5.80. The molecule has 1 fully saturated rings. The first-order valence-electron chi connectivity index (χ1n) is 5.82. The van der Waals surface area contributed by atoms with Gasteiger partial charge in [-0.25, -0.2) is 0 Å². The topological polar surface area (TPSA) is 32.3 Å². The number of hydrogen-bond donors (Lipinski definition) is 1. The predicted octanol–water partition coefficient (Wildman–Crippen LogP) is 1.84. The molecule has 1 rings (SSSR count). The van der Waals surface area contributed by atoms with Gasteiger partial charge in [0, 0.05) is 6.54 Å². The fourth-order valence-corrected chi connectivity index (χ4v) is 1.96. The second-order valence-electron chi connectivity index (χ2n) is 6.11. The molecule has 1 N–H and O–H groups in total. The lowest BCUT2D eigenvalue weighted by Gasteiger charge is -2.31. The summed E-state index contributed by atoms with van der Waals surface area (Å²) in [5.74, 6) is 0.867. The van der Waals surface area contributed by atoms with Crippen LogP contribution in [0.4, 0.5) is 0 Å². The van der Waals surface area contributed by atoms with Crippen molar-refractivity contribution in [3.63, 3.8) is 0 Å². The van der Waals surface area contributed by atoms with Gasteiger partial charge in [-0.2, -0.15) is 0 Å². The van der Waals surface area contributed by atoms with Crippen molar-refractivity contribution in [2.24, 2.45) is 11.3 Å². The minimum atomic E-state index is 0.177.